The van der Waals surface area contributed by atoms with Crippen molar-refractivity contribution in [3.8, 4) is 6.07 Å². The fourth-order valence-electron chi connectivity index (χ4n) is 1.73. The summed E-state index contributed by atoms with van der Waals surface area (Å²) in [5.41, 5.74) is 1.15. The molecule has 17 heavy (non-hydrogen) atoms. The Morgan fingerprint density at radius 3 is 2.53 bits per heavy atom. The van der Waals surface area contributed by atoms with Crippen LogP contribution in [-0.2, 0) is 0 Å². The molecule has 3 nitrogen and oxygen atoms in total. The first-order chi connectivity index (χ1) is 8.31. The first-order valence-corrected chi connectivity index (χ1v) is 5.55. The maximum atomic E-state index is 9.12. The lowest BCUT2D eigenvalue weighted by molar-refractivity contribution is 0.431. The van der Waals surface area contributed by atoms with Crippen molar-refractivity contribution >= 4 is 0 Å². The highest BCUT2D eigenvalue weighted by atomic mass is 16.3. The van der Waals surface area contributed by atoms with E-state index in [0.717, 1.165) is 5.56 Å². The number of nitrogens with zero attached hydrogens (tertiary/aromatic N) is 1. The van der Waals surface area contributed by atoms with Crippen LogP contribution in [0.15, 0.2) is 53.1 Å². The van der Waals surface area contributed by atoms with Crippen molar-refractivity contribution in [2.75, 3.05) is 0 Å². The molecule has 0 aliphatic carbocycles. The van der Waals surface area contributed by atoms with Gasteiger partial charge >= 0.3 is 0 Å². The minimum absolute atomic E-state index is 0.103. The van der Waals surface area contributed by atoms with Gasteiger partial charge in [-0.1, -0.05) is 30.3 Å². The first-order valence-electron chi connectivity index (χ1n) is 5.55. The molecule has 2 rings (SSSR count). The molecule has 0 saturated heterocycles. The SMILES string of the molecule is C[C@@H](NC(C#N)c1ccco1)c1ccccc1. The number of benzene rings is 1. The Hall–Kier alpha value is -2.05. The third kappa shape index (κ3) is 2.74. The molecule has 0 aliphatic rings. The maximum Gasteiger partial charge on any atom is 0.154 e. The highest BCUT2D eigenvalue weighted by molar-refractivity contribution is 5.20. The van der Waals surface area contributed by atoms with Crippen molar-refractivity contribution in [1.82, 2.24) is 5.32 Å². The Labute approximate surface area is 101 Å². The summed E-state index contributed by atoms with van der Waals surface area (Å²) in [4.78, 5) is 0. The zero-order chi connectivity index (χ0) is 12.1. The van der Waals surface area contributed by atoms with Crippen molar-refractivity contribution in [2.45, 2.75) is 19.0 Å². The van der Waals surface area contributed by atoms with Crippen LogP contribution in [0.4, 0.5) is 0 Å². The molecule has 86 valence electrons. The summed E-state index contributed by atoms with van der Waals surface area (Å²) < 4.78 is 5.24. The van der Waals surface area contributed by atoms with Crippen LogP contribution in [0.1, 0.15) is 30.3 Å². The van der Waals surface area contributed by atoms with Gasteiger partial charge in [0.2, 0.25) is 0 Å². The number of rotatable bonds is 4. The van der Waals surface area contributed by atoms with E-state index in [1.807, 2.05) is 37.3 Å². The van der Waals surface area contributed by atoms with E-state index in [1.54, 1.807) is 18.4 Å². The van der Waals surface area contributed by atoms with Crippen molar-refractivity contribution < 1.29 is 4.42 Å². The molecule has 2 aromatic rings. The molecule has 0 aliphatic heterocycles. The van der Waals surface area contributed by atoms with Gasteiger partial charge in [0, 0.05) is 6.04 Å². The lowest BCUT2D eigenvalue weighted by atomic mass is 10.1. The van der Waals surface area contributed by atoms with Crippen LogP contribution in [0.2, 0.25) is 0 Å². The Kier molecular flexibility index (Phi) is 3.59. The predicted octanol–water partition coefficient (Wildman–Crippen LogP) is 3.20. The van der Waals surface area contributed by atoms with Crippen LogP contribution in [0.25, 0.3) is 0 Å². The molecule has 1 heterocycles. The molecule has 3 heteroatoms. The first kappa shape index (κ1) is 11.4. The van der Waals surface area contributed by atoms with Gasteiger partial charge in [0.15, 0.2) is 6.04 Å². The molecular formula is C14H14N2O. The van der Waals surface area contributed by atoms with Gasteiger partial charge in [-0.3, -0.25) is 5.32 Å². The molecule has 2 atom stereocenters. The Morgan fingerprint density at radius 2 is 1.94 bits per heavy atom. The average molecular weight is 226 g/mol. The summed E-state index contributed by atoms with van der Waals surface area (Å²) in [6, 6.07) is 15.5. The van der Waals surface area contributed by atoms with E-state index in [-0.39, 0.29) is 6.04 Å². The van der Waals surface area contributed by atoms with Crippen molar-refractivity contribution in [2.24, 2.45) is 0 Å². The van der Waals surface area contributed by atoms with E-state index in [2.05, 4.69) is 11.4 Å². The largest absolute Gasteiger partial charge is 0.467 e. The summed E-state index contributed by atoms with van der Waals surface area (Å²) in [6.07, 6.45) is 1.58. The number of nitrogens with one attached hydrogen (secondary N) is 1. The molecule has 0 spiro atoms. The van der Waals surface area contributed by atoms with Crippen LogP contribution in [0, 0.1) is 11.3 Å². The number of furan rings is 1. The number of hydrogen-bond acceptors (Lipinski definition) is 3. The monoisotopic (exact) mass is 226 g/mol. The summed E-state index contributed by atoms with van der Waals surface area (Å²) >= 11 is 0. The number of nitriles is 1. The van der Waals surface area contributed by atoms with Gasteiger partial charge in [-0.25, -0.2) is 0 Å². The molecule has 1 N–H and O–H groups in total. The maximum absolute atomic E-state index is 9.12. The van der Waals surface area contributed by atoms with Gasteiger partial charge in [0.05, 0.1) is 12.3 Å². The van der Waals surface area contributed by atoms with Gasteiger partial charge in [-0.15, -0.1) is 0 Å². The highest BCUT2D eigenvalue weighted by Gasteiger charge is 2.16. The molecule has 0 fully saturated rings. The quantitative estimate of drug-likeness (QED) is 0.870. The predicted molar refractivity (Wildman–Crippen MR) is 65.1 cm³/mol. The average Bonchev–Trinajstić information content (AvgIpc) is 2.90. The molecule has 0 saturated carbocycles. The molecule has 0 radical (unpaired) electrons. The van der Waals surface area contributed by atoms with Crippen LogP contribution < -0.4 is 5.32 Å². The summed E-state index contributed by atoms with van der Waals surface area (Å²) in [7, 11) is 0. The molecular weight excluding hydrogens is 212 g/mol. The highest BCUT2D eigenvalue weighted by Crippen LogP contribution is 2.19. The Bertz CT molecular complexity index is 485. The standard InChI is InChI=1S/C14H14N2O/c1-11(12-6-3-2-4-7-12)16-13(10-15)14-8-5-9-17-14/h2-9,11,13,16H,1H3/t11-,13?/m1/s1. The normalized spacial score (nSPS) is 13.9. The Balaban J connectivity index is 2.08. The van der Waals surface area contributed by atoms with Crippen molar-refractivity contribution in [1.29, 1.82) is 5.26 Å². The zero-order valence-electron chi connectivity index (χ0n) is 9.63. The van der Waals surface area contributed by atoms with Crippen molar-refractivity contribution in [3.63, 3.8) is 0 Å². The van der Waals surface area contributed by atoms with E-state index in [9.17, 15) is 0 Å². The van der Waals surface area contributed by atoms with E-state index in [1.165, 1.54) is 0 Å². The third-order valence-electron chi connectivity index (χ3n) is 2.67. The lowest BCUT2D eigenvalue weighted by Gasteiger charge is -2.17. The zero-order valence-corrected chi connectivity index (χ0v) is 9.63. The molecule has 1 aromatic carbocycles. The smallest absolute Gasteiger partial charge is 0.154 e. The summed E-state index contributed by atoms with van der Waals surface area (Å²) in [6.45, 7) is 2.03. The van der Waals surface area contributed by atoms with Gasteiger partial charge in [0.1, 0.15) is 5.76 Å². The lowest BCUT2D eigenvalue weighted by Crippen LogP contribution is -2.23. The second kappa shape index (κ2) is 5.33. The topological polar surface area (TPSA) is 49.0 Å². The molecule has 0 amide bonds. The van der Waals surface area contributed by atoms with E-state index in [0.29, 0.717) is 5.76 Å². The third-order valence-corrected chi connectivity index (χ3v) is 2.67. The van der Waals surface area contributed by atoms with Gasteiger partial charge in [0.25, 0.3) is 0 Å². The van der Waals surface area contributed by atoms with E-state index in [4.69, 9.17) is 9.68 Å². The second-order valence-electron chi connectivity index (χ2n) is 3.88. The van der Waals surface area contributed by atoms with Crippen LogP contribution in [-0.4, -0.2) is 0 Å². The minimum atomic E-state index is -0.416. The molecule has 1 aromatic heterocycles. The van der Waals surface area contributed by atoms with E-state index >= 15 is 0 Å². The number of hydrogen-bond donors (Lipinski definition) is 1. The van der Waals surface area contributed by atoms with Gasteiger partial charge < -0.3 is 4.42 Å². The molecule has 0 bridgehead atoms. The fourth-order valence-corrected chi connectivity index (χ4v) is 1.73. The second-order valence-corrected chi connectivity index (χ2v) is 3.88. The molecule has 1 unspecified atom stereocenters. The van der Waals surface area contributed by atoms with E-state index < -0.39 is 6.04 Å². The van der Waals surface area contributed by atoms with Crippen LogP contribution >= 0.6 is 0 Å². The minimum Gasteiger partial charge on any atom is -0.467 e. The van der Waals surface area contributed by atoms with Gasteiger partial charge in [-0.05, 0) is 24.6 Å². The van der Waals surface area contributed by atoms with Crippen LogP contribution in [0.3, 0.4) is 0 Å². The fraction of sp³-hybridized carbons (Fsp3) is 0.214. The Morgan fingerprint density at radius 1 is 1.18 bits per heavy atom. The van der Waals surface area contributed by atoms with Crippen LogP contribution in [0.5, 0.6) is 0 Å². The van der Waals surface area contributed by atoms with Crippen molar-refractivity contribution in [3.05, 3.63) is 60.1 Å². The summed E-state index contributed by atoms with van der Waals surface area (Å²) in [5, 5.41) is 12.4. The van der Waals surface area contributed by atoms with Gasteiger partial charge in [-0.2, -0.15) is 5.26 Å². The summed E-state index contributed by atoms with van der Waals surface area (Å²) in [5.74, 6) is 0.648.